The van der Waals surface area contributed by atoms with Gasteiger partial charge in [0, 0.05) is 13.1 Å². The molecule has 2 N–H and O–H groups in total. The zero-order chi connectivity index (χ0) is 18.4. The summed E-state index contributed by atoms with van der Waals surface area (Å²) in [7, 11) is 0. The minimum Gasteiger partial charge on any atom is -0.489 e. The highest BCUT2D eigenvalue weighted by Crippen LogP contribution is 2.24. The molecule has 0 radical (unpaired) electrons. The van der Waals surface area contributed by atoms with E-state index < -0.39 is 11.8 Å². The Labute approximate surface area is 153 Å². The second-order valence-electron chi connectivity index (χ2n) is 6.56. The molecule has 0 aliphatic carbocycles. The molecular formula is C21H24N2O3. The number of nitrogens with two attached hydrogens (primary N) is 1. The minimum absolute atomic E-state index is 0.199. The Morgan fingerprint density at radius 1 is 0.962 bits per heavy atom. The van der Waals surface area contributed by atoms with Gasteiger partial charge in [-0.3, -0.25) is 9.59 Å². The molecule has 1 fully saturated rings. The van der Waals surface area contributed by atoms with Gasteiger partial charge in [0.2, 0.25) is 11.8 Å². The van der Waals surface area contributed by atoms with E-state index in [0.29, 0.717) is 31.0 Å². The van der Waals surface area contributed by atoms with Crippen molar-refractivity contribution < 1.29 is 14.3 Å². The van der Waals surface area contributed by atoms with Crippen molar-refractivity contribution in [3.63, 3.8) is 0 Å². The molecule has 136 valence electrons. The van der Waals surface area contributed by atoms with Crippen LogP contribution in [-0.2, 0) is 16.2 Å². The number of carbonyl (C=O) groups excluding carboxylic acids is 2. The van der Waals surface area contributed by atoms with Crippen LogP contribution in [-0.4, -0.2) is 29.8 Å². The van der Waals surface area contributed by atoms with Crippen molar-refractivity contribution in [1.82, 2.24) is 4.90 Å². The van der Waals surface area contributed by atoms with Crippen LogP contribution in [0.2, 0.25) is 0 Å². The summed E-state index contributed by atoms with van der Waals surface area (Å²) < 4.78 is 5.75. The number of likely N-dealkylation sites (tertiary alicyclic amines) is 1. The molecule has 1 atom stereocenters. The van der Waals surface area contributed by atoms with Gasteiger partial charge >= 0.3 is 0 Å². The molecular weight excluding hydrogens is 328 g/mol. The van der Waals surface area contributed by atoms with Crippen molar-refractivity contribution in [1.29, 1.82) is 0 Å². The van der Waals surface area contributed by atoms with Gasteiger partial charge in [-0.1, -0.05) is 42.5 Å². The van der Waals surface area contributed by atoms with Crippen LogP contribution >= 0.6 is 0 Å². The van der Waals surface area contributed by atoms with Crippen LogP contribution in [0.15, 0.2) is 54.6 Å². The van der Waals surface area contributed by atoms with Gasteiger partial charge < -0.3 is 15.4 Å². The van der Waals surface area contributed by atoms with Crippen molar-refractivity contribution in [3.8, 4) is 5.75 Å². The molecule has 0 saturated carbocycles. The maximum absolute atomic E-state index is 12.7. The summed E-state index contributed by atoms with van der Waals surface area (Å²) >= 11 is 0. The molecule has 26 heavy (non-hydrogen) atoms. The fraction of sp³-hybridized carbons (Fsp3) is 0.333. The van der Waals surface area contributed by atoms with Crippen LogP contribution in [0, 0.1) is 0 Å². The van der Waals surface area contributed by atoms with Crippen LogP contribution in [0.3, 0.4) is 0 Å². The van der Waals surface area contributed by atoms with Crippen LogP contribution < -0.4 is 10.5 Å². The number of carbonyl (C=O) groups is 2. The van der Waals surface area contributed by atoms with Gasteiger partial charge in [-0.05, 0) is 42.5 Å². The lowest BCUT2D eigenvalue weighted by molar-refractivity contribution is -0.138. The molecule has 2 amide bonds. The van der Waals surface area contributed by atoms with Crippen molar-refractivity contribution in [2.45, 2.75) is 31.8 Å². The fourth-order valence-electron chi connectivity index (χ4n) is 3.22. The predicted molar refractivity (Wildman–Crippen MR) is 99.6 cm³/mol. The van der Waals surface area contributed by atoms with E-state index in [1.54, 1.807) is 29.2 Å². The largest absolute Gasteiger partial charge is 0.489 e. The molecule has 5 nitrogen and oxygen atoms in total. The van der Waals surface area contributed by atoms with Gasteiger partial charge in [-0.15, -0.1) is 0 Å². The zero-order valence-electron chi connectivity index (χ0n) is 14.8. The van der Waals surface area contributed by atoms with Gasteiger partial charge in [0.05, 0.1) is 0 Å². The Hall–Kier alpha value is -2.82. The lowest BCUT2D eigenvalue weighted by Crippen LogP contribution is -2.42. The average molecular weight is 352 g/mol. The number of ether oxygens (including phenoxy) is 1. The lowest BCUT2D eigenvalue weighted by atomic mass is 9.95. The first-order chi connectivity index (χ1) is 12.6. The molecule has 1 unspecified atom stereocenters. The molecule has 0 bridgehead atoms. The molecule has 5 heteroatoms. The van der Waals surface area contributed by atoms with Crippen molar-refractivity contribution in [3.05, 3.63) is 65.7 Å². The molecule has 1 aliphatic rings. The molecule has 1 saturated heterocycles. The number of rotatable bonds is 6. The van der Waals surface area contributed by atoms with E-state index >= 15 is 0 Å². The van der Waals surface area contributed by atoms with E-state index in [9.17, 15) is 9.59 Å². The number of hydrogen-bond acceptors (Lipinski definition) is 3. The quantitative estimate of drug-likeness (QED) is 0.813. The van der Waals surface area contributed by atoms with Gasteiger partial charge in [0.15, 0.2) is 0 Å². The van der Waals surface area contributed by atoms with E-state index in [-0.39, 0.29) is 5.91 Å². The SMILES string of the molecule is NC(=O)C(C(=O)N1CCCCC1)c1ccc(OCc2ccccc2)cc1. The summed E-state index contributed by atoms with van der Waals surface area (Å²) in [5.41, 5.74) is 7.22. The standard InChI is InChI=1S/C21H24N2O3/c22-20(24)19(21(25)23-13-5-2-6-14-23)17-9-11-18(12-10-17)26-15-16-7-3-1-4-8-16/h1,3-4,7-12,19H,2,5-6,13-15H2,(H2,22,24). The molecule has 1 heterocycles. The molecule has 2 aromatic rings. The fourth-order valence-corrected chi connectivity index (χ4v) is 3.22. The second kappa shape index (κ2) is 8.52. The highest BCUT2D eigenvalue weighted by molar-refractivity contribution is 6.05. The van der Waals surface area contributed by atoms with Gasteiger partial charge in [0.1, 0.15) is 18.3 Å². The van der Waals surface area contributed by atoms with Gasteiger partial charge in [0.25, 0.3) is 0 Å². The molecule has 3 rings (SSSR count). The van der Waals surface area contributed by atoms with Crippen LogP contribution in [0.25, 0.3) is 0 Å². The number of piperidine rings is 1. The number of hydrogen-bond donors (Lipinski definition) is 1. The second-order valence-corrected chi connectivity index (χ2v) is 6.56. The van der Waals surface area contributed by atoms with E-state index in [1.165, 1.54) is 0 Å². The Kier molecular flexibility index (Phi) is 5.89. The maximum atomic E-state index is 12.7. The van der Waals surface area contributed by atoms with E-state index in [1.807, 2.05) is 30.3 Å². The smallest absolute Gasteiger partial charge is 0.239 e. The van der Waals surface area contributed by atoms with Crippen LogP contribution in [0.4, 0.5) is 0 Å². The summed E-state index contributed by atoms with van der Waals surface area (Å²) in [5, 5.41) is 0. The number of amides is 2. The topological polar surface area (TPSA) is 72.6 Å². The summed E-state index contributed by atoms with van der Waals surface area (Å²) in [6.07, 6.45) is 3.07. The summed E-state index contributed by atoms with van der Waals surface area (Å²) in [6, 6.07) is 16.9. The first-order valence-corrected chi connectivity index (χ1v) is 9.00. The Bertz CT molecular complexity index is 738. The first-order valence-electron chi connectivity index (χ1n) is 9.00. The summed E-state index contributed by atoms with van der Waals surface area (Å²) in [5.74, 6) is -1.06. The third kappa shape index (κ3) is 4.42. The van der Waals surface area contributed by atoms with Crippen LogP contribution in [0.5, 0.6) is 5.75 Å². The van der Waals surface area contributed by atoms with Crippen molar-refractivity contribution >= 4 is 11.8 Å². The molecule has 1 aliphatic heterocycles. The first kappa shape index (κ1) is 18.0. The maximum Gasteiger partial charge on any atom is 0.239 e. The third-order valence-corrected chi connectivity index (χ3v) is 4.66. The van der Waals surface area contributed by atoms with E-state index in [2.05, 4.69) is 0 Å². The summed E-state index contributed by atoms with van der Waals surface area (Å²) in [6.45, 7) is 1.86. The van der Waals surface area contributed by atoms with Gasteiger partial charge in [-0.25, -0.2) is 0 Å². The lowest BCUT2D eigenvalue weighted by Gasteiger charge is -2.29. The zero-order valence-corrected chi connectivity index (χ0v) is 14.8. The number of primary amides is 1. The summed E-state index contributed by atoms with van der Waals surface area (Å²) in [4.78, 5) is 26.4. The minimum atomic E-state index is -0.934. The molecule has 0 aromatic heterocycles. The molecule has 2 aromatic carbocycles. The number of benzene rings is 2. The third-order valence-electron chi connectivity index (χ3n) is 4.66. The predicted octanol–water partition coefficient (Wildman–Crippen LogP) is 2.85. The molecule has 0 spiro atoms. The van der Waals surface area contributed by atoms with E-state index in [4.69, 9.17) is 10.5 Å². The normalized spacial score (nSPS) is 15.3. The van der Waals surface area contributed by atoms with E-state index in [0.717, 1.165) is 24.8 Å². The van der Waals surface area contributed by atoms with Gasteiger partial charge in [-0.2, -0.15) is 0 Å². The Morgan fingerprint density at radius 2 is 1.62 bits per heavy atom. The monoisotopic (exact) mass is 352 g/mol. The average Bonchev–Trinajstić information content (AvgIpc) is 2.68. The number of nitrogens with zero attached hydrogens (tertiary/aromatic N) is 1. The van der Waals surface area contributed by atoms with Crippen molar-refractivity contribution in [2.75, 3.05) is 13.1 Å². The Morgan fingerprint density at radius 3 is 2.23 bits per heavy atom. The van der Waals surface area contributed by atoms with Crippen molar-refractivity contribution in [2.24, 2.45) is 5.73 Å². The highest BCUT2D eigenvalue weighted by atomic mass is 16.5. The van der Waals surface area contributed by atoms with Crippen LogP contribution in [0.1, 0.15) is 36.3 Å². The Balaban J connectivity index is 1.68. The highest BCUT2D eigenvalue weighted by Gasteiger charge is 2.31.